The summed E-state index contributed by atoms with van der Waals surface area (Å²) in [6, 6.07) is 7.70. The zero-order chi connectivity index (χ0) is 35.9. The molecule has 1 N–H and O–H groups in total. The second kappa shape index (κ2) is 12.4. The molecule has 4 fully saturated rings. The monoisotopic (exact) mass is 693 g/mol. The molecule has 0 spiro atoms. The van der Waals surface area contributed by atoms with Crippen LogP contribution in [0.5, 0.6) is 0 Å². The molecule has 6 heteroatoms. The molecular formula is C43H64ClNO4. The molecular weight excluding hydrogens is 630 g/mol. The van der Waals surface area contributed by atoms with Gasteiger partial charge < -0.3 is 14.7 Å². The first-order chi connectivity index (χ1) is 22.7. The molecule has 4 saturated carbocycles. The highest BCUT2D eigenvalue weighted by atomic mass is 35.5. The Kier molecular flexibility index (Phi) is 9.33. The number of ketones is 1. The van der Waals surface area contributed by atoms with Gasteiger partial charge in [0.25, 0.3) is 0 Å². The fourth-order valence-electron chi connectivity index (χ4n) is 12.8. The first-order valence-corrected chi connectivity index (χ1v) is 19.7. The summed E-state index contributed by atoms with van der Waals surface area (Å²) in [7, 11) is 0. The van der Waals surface area contributed by atoms with Crippen LogP contribution in [-0.2, 0) is 16.1 Å². The van der Waals surface area contributed by atoms with Crippen LogP contribution in [0.4, 0.5) is 4.79 Å². The van der Waals surface area contributed by atoms with Crippen molar-refractivity contribution >= 4 is 23.5 Å². The molecule has 0 bridgehead atoms. The van der Waals surface area contributed by atoms with Gasteiger partial charge in [0.15, 0.2) is 5.78 Å². The molecule has 5 nitrogen and oxygen atoms in total. The van der Waals surface area contributed by atoms with Crippen LogP contribution in [0.25, 0.3) is 0 Å². The van der Waals surface area contributed by atoms with Crippen LogP contribution in [0.1, 0.15) is 139 Å². The van der Waals surface area contributed by atoms with Gasteiger partial charge in [0.05, 0.1) is 6.10 Å². The Bertz CT molecular complexity index is 1490. The SMILES string of the molecule is CC(C)C1=C2[C@H]3CC[C@@H]4[C@@]5(C)CC[C@H](O)C(C)(C)[C@@H]5CC[C@@]4(C)[C@]3(C)CC[C@@]2(CCN(Cc2ccc(Cl)cc2)C(=O)OC(C)(C)C)CC1=O. The molecule has 0 aliphatic heterocycles. The molecule has 1 aromatic rings. The van der Waals surface area contributed by atoms with Crippen molar-refractivity contribution < 1.29 is 19.4 Å². The number of rotatable bonds is 6. The molecule has 1 aromatic carbocycles. The van der Waals surface area contributed by atoms with Gasteiger partial charge in [-0.25, -0.2) is 4.79 Å². The number of halogens is 1. The Hall–Kier alpha value is -1.85. The summed E-state index contributed by atoms with van der Waals surface area (Å²) in [6.45, 7) is 23.6. The summed E-state index contributed by atoms with van der Waals surface area (Å²) in [5.74, 6) is 2.04. The van der Waals surface area contributed by atoms with Crippen LogP contribution in [0.15, 0.2) is 35.4 Å². The quantitative estimate of drug-likeness (QED) is 0.322. The van der Waals surface area contributed by atoms with E-state index in [0.29, 0.717) is 48.1 Å². The number of carbonyl (C=O) groups is 2. The van der Waals surface area contributed by atoms with E-state index in [4.69, 9.17) is 16.3 Å². The Morgan fingerprint density at radius 1 is 0.939 bits per heavy atom. The van der Waals surface area contributed by atoms with E-state index in [0.717, 1.165) is 49.7 Å². The minimum Gasteiger partial charge on any atom is -0.444 e. The predicted octanol–water partition coefficient (Wildman–Crippen LogP) is 10.8. The number of allylic oxidation sites excluding steroid dienone is 2. The van der Waals surface area contributed by atoms with Crippen molar-refractivity contribution in [3.05, 3.63) is 46.0 Å². The fourth-order valence-corrected chi connectivity index (χ4v) is 12.9. The number of carbonyl (C=O) groups excluding carboxylic acids is 2. The number of ether oxygens (including phenoxy) is 1. The summed E-state index contributed by atoms with van der Waals surface area (Å²) < 4.78 is 5.94. The van der Waals surface area contributed by atoms with Crippen molar-refractivity contribution in [1.82, 2.24) is 4.90 Å². The maximum Gasteiger partial charge on any atom is 0.410 e. The Balaban J connectivity index is 1.34. The minimum atomic E-state index is -0.602. The normalized spacial score (nSPS) is 38.4. The van der Waals surface area contributed by atoms with Gasteiger partial charge in [0, 0.05) is 29.9 Å². The lowest BCUT2D eigenvalue weighted by molar-refractivity contribution is -0.228. The van der Waals surface area contributed by atoms with E-state index < -0.39 is 5.60 Å². The third kappa shape index (κ3) is 5.93. The number of amides is 1. The van der Waals surface area contributed by atoms with Gasteiger partial charge in [-0.3, -0.25) is 4.79 Å². The van der Waals surface area contributed by atoms with Crippen molar-refractivity contribution in [1.29, 1.82) is 0 Å². The Labute approximate surface area is 302 Å². The average Bonchev–Trinajstić information content (AvgIpc) is 3.30. The summed E-state index contributed by atoms with van der Waals surface area (Å²) in [5.41, 5.74) is 3.17. The van der Waals surface area contributed by atoms with Crippen LogP contribution < -0.4 is 0 Å². The van der Waals surface area contributed by atoms with Gasteiger partial charge in [0.1, 0.15) is 5.60 Å². The van der Waals surface area contributed by atoms with Crippen LogP contribution in [-0.4, -0.2) is 40.1 Å². The molecule has 0 heterocycles. The van der Waals surface area contributed by atoms with Crippen LogP contribution in [0, 0.1) is 50.7 Å². The molecule has 5 aliphatic rings. The Morgan fingerprint density at radius 2 is 1.61 bits per heavy atom. The standard InChI is InChI=1S/C43H64ClNO4/c1-27(2)35-31(46)25-43(23-24-45(37(48)49-38(3,4)5)26-28-11-13-29(44)14-12-28)22-21-41(9)30(36(35)43)15-16-33-40(8)19-18-34(47)39(6,7)32(40)17-20-42(33,41)10/h11-14,27,30,32-34,47H,15-26H2,1-10H3/t30-,32+,33-,34+,40+,41-,42-,43-/m1/s1. The number of fused-ring (bicyclic) bond motifs is 7. The van der Waals surface area contributed by atoms with Gasteiger partial charge in [-0.05, 0) is 147 Å². The zero-order valence-electron chi connectivity index (χ0n) is 32.2. The van der Waals surface area contributed by atoms with Crippen LogP contribution in [0.2, 0.25) is 5.02 Å². The molecule has 8 atom stereocenters. The largest absolute Gasteiger partial charge is 0.444 e. The maximum absolute atomic E-state index is 14.2. The van der Waals surface area contributed by atoms with Crippen molar-refractivity contribution in [2.75, 3.05) is 6.54 Å². The molecule has 6 rings (SSSR count). The average molecular weight is 694 g/mol. The van der Waals surface area contributed by atoms with Gasteiger partial charge in [-0.15, -0.1) is 0 Å². The van der Waals surface area contributed by atoms with Crippen molar-refractivity contribution in [2.24, 2.45) is 50.7 Å². The minimum absolute atomic E-state index is 0.0644. The van der Waals surface area contributed by atoms with E-state index in [1.165, 1.54) is 24.8 Å². The lowest BCUT2D eigenvalue weighted by Crippen LogP contribution is -2.65. The smallest absolute Gasteiger partial charge is 0.410 e. The highest BCUT2D eigenvalue weighted by Gasteiger charge is 2.69. The molecule has 0 radical (unpaired) electrons. The number of hydrogen-bond acceptors (Lipinski definition) is 4. The highest BCUT2D eigenvalue weighted by Crippen LogP contribution is 2.77. The Morgan fingerprint density at radius 3 is 2.24 bits per heavy atom. The zero-order valence-corrected chi connectivity index (χ0v) is 32.9. The lowest BCUT2D eigenvalue weighted by Gasteiger charge is -2.72. The molecule has 0 aromatic heterocycles. The summed E-state index contributed by atoms with van der Waals surface area (Å²) in [5, 5.41) is 11.8. The van der Waals surface area contributed by atoms with E-state index >= 15 is 0 Å². The van der Waals surface area contributed by atoms with E-state index in [1.807, 2.05) is 49.9 Å². The van der Waals surface area contributed by atoms with Gasteiger partial charge in [0.2, 0.25) is 0 Å². The van der Waals surface area contributed by atoms with Crippen molar-refractivity contribution in [3.63, 3.8) is 0 Å². The van der Waals surface area contributed by atoms with E-state index in [1.54, 1.807) is 0 Å². The second-order valence-electron chi connectivity index (χ2n) is 19.6. The maximum atomic E-state index is 14.2. The molecule has 272 valence electrons. The van der Waals surface area contributed by atoms with Crippen molar-refractivity contribution in [2.45, 2.75) is 152 Å². The van der Waals surface area contributed by atoms with Gasteiger partial charge in [-0.1, -0.05) is 77.8 Å². The summed E-state index contributed by atoms with van der Waals surface area (Å²) >= 11 is 6.20. The van der Waals surface area contributed by atoms with Crippen LogP contribution >= 0.6 is 11.6 Å². The first-order valence-electron chi connectivity index (χ1n) is 19.4. The molecule has 5 aliphatic carbocycles. The summed E-state index contributed by atoms with van der Waals surface area (Å²) in [4.78, 5) is 29.7. The third-order valence-corrected chi connectivity index (χ3v) is 15.6. The molecule has 0 unspecified atom stereocenters. The van der Waals surface area contributed by atoms with Gasteiger partial charge in [-0.2, -0.15) is 0 Å². The van der Waals surface area contributed by atoms with Crippen molar-refractivity contribution in [3.8, 4) is 0 Å². The molecule has 0 saturated heterocycles. The second-order valence-corrected chi connectivity index (χ2v) is 20.1. The highest BCUT2D eigenvalue weighted by molar-refractivity contribution is 6.30. The topological polar surface area (TPSA) is 66.8 Å². The number of Topliss-reactive ketones (excluding diaryl/α,β-unsaturated/α-hetero) is 1. The fraction of sp³-hybridized carbons (Fsp3) is 0.767. The molecule has 49 heavy (non-hydrogen) atoms. The number of benzene rings is 1. The number of aliphatic hydroxyl groups is 1. The number of hydrogen-bond donors (Lipinski definition) is 1. The van der Waals surface area contributed by atoms with E-state index in [2.05, 4.69) is 48.5 Å². The first kappa shape index (κ1) is 36.9. The van der Waals surface area contributed by atoms with E-state index in [-0.39, 0.29) is 45.2 Å². The van der Waals surface area contributed by atoms with Gasteiger partial charge >= 0.3 is 6.09 Å². The summed E-state index contributed by atoms with van der Waals surface area (Å²) in [6.07, 6.45) is 9.61. The predicted molar refractivity (Wildman–Crippen MR) is 198 cm³/mol. The number of aliphatic hydroxyl groups excluding tert-OH is 1. The molecule has 1 amide bonds. The third-order valence-electron chi connectivity index (χ3n) is 15.4. The van der Waals surface area contributed by atoms with E-state index in [9.17, 15) is 14.7 Å². The lowest BCUT2D eigenvalue weighted by atomic mass is 9.33. The van der Waals surface area contributed by atoms with Crippen LogP contribution in [0.3, 0.4) is 0 Å². The number of nitrogens with zero attached hydrogens (tertiary/aromatic N) is 1.